The van der Waals surface area contributed by atoms with Crippen molar-refractivity contribution in [2.24, 2.45) is 0 Å². The zero-order chi connectivity index (χ0) is 13.9. The molecule has 2 N–H and O–H groups in total. The summed E-state index contributed by atoms with van der Waals surface area (Å²) < 4.78 is 0. The molecule has 0 aromatic heterocycles. The van der Waals surface area contributed by atoms with Crippen molar-refractivity contribution >= 4 is 17.3 Å². The fourth-order valence-electron chi connectivity index (χ4n) is 1.50. The van der Waals surface area contributed by atoms with Gasteiger partial charge in [0.05, 0.1) is 10.5 Å². The summed E-state index contributed by atoms with van der Waals surface area (Å²) in [6.07, 6.45) is 1.85. The predicted octanol–water partition coefficient (Wildman–Crippen LogP) is 1.86. The van der Waals surface area contributed by atoms with Crippen LogP contribution in [0.4, 0.5) is 11.4 Å². The quantitative estimate of drug-likeness (QED) is 0.339. The Morgan fingerprint density at radius 3 is 2.58 bits per heavy atom. The summed E-state index contributed by atoms with van der Waals surface area (Å²) in [7, 11) is 1.63. The van der Waals surface area contributed by atoms with Crippen molar-refractivity contribution < 1.29 is 30.8 Å². The summed E-state index contributed by atoms with van der Waals surface area (Å²) in [6.45, 7) is 3.69. The minimum absolute atomic E-state index is 0. The molecular formula is C12H16N3O3W-. The molecule has 1 unspecified atom stereocenters. The van der Waals surface area contributed by atoms with E-state index in [1.165, 1.54) is 23.1 Å². The van der Waals surface area contributed by atoms with Crippen LogP contribution in [0.15, 0.2) is 18.2 Å². The summed E-state index contributed by atoms with van der Waals surface area (Å²) >= 11 is 0. The predicted molar refractivity (Wildman–Crippen MR) is 69.0 cm³/mol. The van der Waals surface area contributed by atoms with Crippen LogP contribution in [0.5, 0.6) is 0 Å². The number of anilines is 1. The Balaban J connectivity index is 0.00000324. The van der Waals surface area contributed by atoms with Gasteiger partial charge in [-0.25, -0.2) is 0 Å². The van der Waals surface area contributed by atoms with Gasteiger partial charge in [0.15, 0.2) is 0 Å². The first-order chi connectivity index (χ1) is 8.40. The van der Waals surface area contributed by atoms with Gasteiger partial charge < -0.3 is 17.1 Å². The Kier molecular flexibility index (Phi) is 6.70. The van der Waals surface area contributed by atoms with Gasteiger partial charge in [-0.2, -0.15) is 6.92 Å². The summed E-state index contributed by atoms with van der Waals surface area (Å²) in [4.78, 5) is 23.8. The Morgan fingerprint density at radius 1 is 1.53 bits per heavy atom. The van der Waals surface area contributed by atoms with Crippen LogP contribution in [0.3, 0.4) is 0 Å². The van der Waals surface area contributed by atoms with Crippen LogP contribution in [0.25, 0.3) is 0 Å². The third kappa shape index (κ3) is 3.77. The SMILES string of the molecule is C[CH-]C(C)N(C)C(=O)c1cccc([N+](=O)[O-])c1N.[W]. The number of hydrogen-bond donors (Lipinski definition) is 1. The molecule has 0 fully saturated rings. The van der Waals surface area contributed by atoms with Gasteiger partial charge in [0.1, 0.15) is 5.69 Å². The molecule has 104 valence electrons. The van der Waals surface area contributed by atoms with Crippen LogP contribution in [-0.2, 0) is 21.1 Å². The second-order valence-corrected chi connectivity index (χ2v) is 3.99. The van der Waals surface area contributed by atoms with Gasteiger partial charge in [-0.1, -0.05) is 19.0 Å². The van der Waals surface area contributed by atoms with Crippen LogP contribution in [0.1, 0.15) is 24.2 Å². The van der Waals surface area contributed by atoms with Crippen LogP contribution in [0, 0.1) is 16.5 Å². The minimum atomic E-state index is -0.596. The maximum atomic E-state index is 12.1. The van der Waals surface area contributed by atoms with E-state index in [1.54, 1.807) is 7.05 Å². The molecule has 0 aliphatic rings. The third-order valence-electron chi connectivity index (χ3n) is 2.92. The summed E-state index contributed by atoms with van der Waals surface area (Å²) in [5.74, 6) is -0.332. The van der Waals surface area contributed by atoms with Crippen molar-refractivity contribution in [3.8, 4) is 0 Å². The number of carbonyl (C=O) groups is 1. The smallest absolute Gasteiger partial charge is 0.292 e. The molecule has 0 bridgehead atoms. The molecular weight excluding hydrogens is 418 g/mol. The molecule has 1 rings (SSSR count). The number of rotatable bonds is 4. The van der Waals surface area contributed by atoms with Gasteiger partial charge in [-0.15, -0.1) is 0 Å². The molecule has 0 spiro atoms. The number of nitrogen functional groups attached to an aromatic ring is 1. The Morgan fingerprint density at radius 2 is 2.11 bits per heavy atom. The summed E-state index contributed by atoms with van der Waals surface area (Å²) in [5.41, 5.74) is 5.48. The molecule has 19 heavy (non-hydrogen) atoms. The number of nitrogens with two attached hydrogens (primary N) is 1. The largest absolute Gasteiger partial charge is 0.393 e. The standard InChI is InChI=1S/C12H16N3O3.W/c1-4-8(2)14(3)12(16)9-6-5-7-10(11(9)13)15(17)18;/h4-8H,13H2,1-3H3;/q-1;. The Bertz CT molecular complexity index is 479. The normalized spacial score (nSPS) is 11.3. The Hall–Kier alpha value is -1.42. The maximum absolute atomic E-state index is 12.1. The van der Waals surface area contributed by atoms with Crippen molar-refractivity contribution in [3.05, 3.63) is 40.3 Å². The van der Waals surface area contributed by atoms with E-state index in [2.05, 4.69) is 0 Å². The number of nitrogens with zero attached hydrogens (tertiary/aromatic N) is 2. The van der Waals surface area contributed by atoms with E-state index < -0.39 is 4.92 Å². The van der Waals surface area contributed by atoms with Gasteiger partial charge in [0, 0.05) is 34.2 Å². The number of nitro benzene ring substituents is 1. The van der Waals surface area contributed by atoms with Crippen LogP contribution < -0.4 is 5.73 Å². The molecule has 1 atom stereocenters. The zero-order valence-corrected chi connectivity index (χ0v) is 13.9. The van der Waals surface area contributed by atoms with E-state index in [1.807, 2.05) is 20.3 Å². The number of amides is 1. The molecule has 7 heteroatoms. The molecule has 1 aromatic rings. The number of hydrogen-bond acceptors (Lipinski definition) is 4. The van der Waals surface area contributed by atoms with E-state index in [9.17, 15) is 14.9 Å². The van der Waals surface area contributed by atoms with Crippen LogP contribution >= 0.6 is 0 Å². The number of nitro groups is 1. The van der Waals surface area contributed by atoms with Gasteiger partial charge in [0.2, 0.25) is 0 Å². The molecule has 0 radical (unpaired) electrons. The van der Waals surface area contributed by atoms with Crippen LogP contribution in [0.2, 0.25) is 0 Å². The van der Waals surface area contributed by atoms with E-state index >= 15 is 0 Å². The fraction of sp³-hybridized carbons (Fsp3) is 0.333. The second kappa shape index (κ2) is 7.24. The van der Waals surface area contributed by atoms with Gasteiger partial charge in [-0.3, -0.25) is 14.9 Å². The van der Waals surface area contributed by atoms with E-state index in [-0.39, 0.29) is 50.0 Å². The molecule has 0 saturated carbocycles. The van der Waals surface area contributed by atoms with Crippen molar-refractivity contribution in [2.75, 3.05) is 12.8 Å². The van der Waals surface area contributed by atoms with Crippen molar-refractivity contribution in [2.45, 2.75) is 19.9 Å². The number of carbonyl (C=O) groups excluding carboxylic acids is 1. The topological polar surface area (TPSA) is 89.5 Å². The molecule has 6 nitrogen and oxygen atoms in total. The minimum Gasteiger partial charge on any atom is -0.393 e. The first kappa shape index (κ1) is 17.6. The molecule has 1 amide bonds. The van der Waals surface area contributed by atoms with Gasteiger partial charge in [-0.05, 0) is 6.07 Å². The molecule has 0 heterocycles. The fourth-order valence-corrected chi connectivity index (χ4v) is 1.50. The molecule has 0 aliphatic heterocycles. The third-order valence-corrected chi connectivity index (χ3v) is 2.92. The zero-order valence-electron chi connectivity index (χ0n) is 11.0. The number of para-hydroxylation sites is 1. The molecule has 0 saturated heterocycles. The summed E-state index contributed by atoms with van der Waals surface area (Å²) in [5, 5.41) is 10.8. The van der Waals surface area contributed by atoms with E-state index in [4.69, 9.17) is 5.73 Å². The average molecular weight is 434 g/mol. The summed E-state index contributed by atoms with van der Waals surface area (Å²) in [6, 6.07) is 4.15. The maximum Gasteiger partial charge on any atom is 0.292 e. The first-order valence-corrected chi connectivity index (χ1v) is 5.49. The second-order valence-electron chi connectivity index (χ2n) is 3.99. The first-order valence-electron chi connectivity index (χ1n) is 5.49. The van der Waals surface area contributed by atoms with Gasteiger partial charge >= 0.3 is 0 Å². The Labute approximate surface area is 126 Å². The van der Waals surface area contributed by atoms with E-state index in [0.29, 0.717) is 0 Å². The van der Waals surface area contributed by atoms with Crippen molar-refractivity contribution in [1.29, 1.82) is 0 Å². The number of benzene rings is 1. The molecule has 1 aromatic carbocycles. The molecule has 0 aliphatic carbocycles. The van der Waals surface area contributed by atoms with Crippen LogP contribution in [-0.4, -0.2) is 28.8 Å². The van der Waals surface area contributed by atoms with Crippen molar-refractivity contribution in [1.82, 2.24) is 4.90 Å². The van der Waals surface area contributed by atoms with E-state index in [0.717, 1.165) is 0 Å². The monoisotopic (exact) mass is 434 g/mol. The average Bonchev–Trinajstić information content (AvgIpc) is 2.36. The van der Waals surface area contributed by atoms with Gasteiger partial charge in [0.25, 0.3) is 11.6 Å². The van der Waals surface area contributed by atoms with Crippen molar-refractivity contribution in [3.63, 3.8) is 0 Å².